The number of rotatable bonds is 5. The Morgan fingerprint density at radius 3 is 2.52 bits per heavy atom. The second kappa shape index (κ2) is 7.02. The van der Waals surface area contributed by atoms with E-state index in [0.717, 1.165) is 4.88 Å². The molecule has 1 aromatic carbocycles. The number of aliphatic hydroxyl groups excluding tert-OH is 1. The second-order valence-electron chi connectivity index (χ2n) is 6.35. The Bertz CT molecular complexity index is 825. The van der Waals surface area contributed by atoms with Crippen molar-refractivity contribution in [2.45, 2.75) is 26.3 Å². The van der Waals surface area contributed by atoms with Gasteiger partial charge in [-0.2, -0.15) is 0 Å². The van der Waals surface area contributed by atoms with Crippen molar-refractivity contribution in [1.29, 1.82) is 0 Å². The number of anilines is 1. The van der Waals surface area contributed by atoms with Crippen LogP contribution in [0.5, 0.6) is 0 Å². The van der Waals surface area contributed by atoms with E-state index in [1.54, 1.807) is 24.3 Å². The molecule has 0 bridgehead atoms. The van der Waals surface area contributed by atoms with Gasteiger partial charge in [0.2, 0.25) is 0 Å². The van der Waals surface area contributed by atoms with Crippen molar-refractivity contribution in [2.24, 2.45) is 5.92 Å². The predicted octanol–water partition coefficient (Wildman–Crippen LogP) is 4.92. The molecule has 1 aliphatic heterocycles. The second-order valence-corrected chi connectivity index (χ2v) is 7.77. The molecule has 1 amide bonds. The summed E-state index contributed by atoms with van der Waals surface area (Å²) in [7, 11) is 0. The van der Waals surface area contributed by atoms with Crippen LogP contribution in [0.1, 0.15) is 31.2 Å². The minimum atomic E-state index is -0.611. The Morgan fingerprint density at radius 1 is 1.28 bits per heavy atom. The molecule has 2 aromatic rings. The Hall–Kier alpha value is -2.11. The Kier molecular flexibility index (Phi) is 4.97. The lowest BCUT2D eigenvalue weighted by atomic mass is 9.95. The highest BCUT2D eigenvalue weighted by Gasteiger charge is 2.44. The predicted molar refractivity (Wildman–Crippen MR) is 100 cm³/mol. The Labute approximate surface area is 155 Å². The summed E-state index contributed by atoms with van der Waals surface area (Å²) in [6.45, 7) is 3.87. The monoisotopic (exact) mass is 375 g/mol. The molecule has 2 heterocycles. The highest BCUT2D eigenvalue weighted by Crippen LogP contribution is 2.43. The molecule has 6 heteroatoms. The van der Waals surface area contributed by atoms with Gasteiger partial charge in [-0.3, -0.25) is 14.5 Å². The van der Waals surface area contributed by atoms with E-state index in [4.69, 9.17) is 11.6 Å². The fraction of sp³-hybridized carbons (Fsp3) is 0.263. The van der Waals surface area contributed by atoms with Crippen molar-refractivity contribution in [3.8, 4) is 0 Å². The number of benzene rings is 1. The molecule has 1 aromatic heterocycles. The lowest BCUT2D eigenvalue weighted by Gasteiger charge is -2.26. The van der Waals surface area contributed by atoms with Gasteiger partial charge < -0.3 is 5.11 Å². The van der Waals surface area contributed by atoms with Crippen molar-refractivity contribution in [3.05, 3.63) is 63.0 Å². The summed E-state index contributed by atoms with van der Waals surface area (Å²) >= 11 is 7.39. The van der Waals surface area contributed by atoms with Gasteiger partial charge in [-0.05, 0) is 41.6 Å². The molecule has 3 rings (SSSR count). The van der Waals surface area contributed by atoms with Gasteiger partial charge in [-0.15, -0.1) is 11.3 Å². The van der Waals surface area contributed by atoms with Gasteiger partial charge in [-0.25, -0.2) is 0 Å². The first-order valence-corrected chi connectivity index (χ1v) is 9.24. The fourth-order valence-electron chi connectivity index (χ4n) is 2.95. The third-order valence-corrected chi connectivity index (χ3v) is 5.20. The fourth-order valence-corrected chi connectivity index (χ4v) is 3.90. The molecule has 0 spiro atoms. The number of nitrogens with zero attached hydrogens (tertiary/aromatic N) is 1. The van der Waals surface area contributed by atoms with Crippen LogP contribution in [-0.4, -0.2) is 16.8 Å². The van der Waals surface area contributed by atoms with Crippen molar-refractivity contribution in [3.63, 3.8) is 0 Å². The number of ketones is 1. The summed E-state index contributed by atoms with van der Waals surface area (Å²) in [5.74, 6) is -1.08. The van der Waals surface area contributed by atoms with Gasteiger partial charge in [-0.1, -0.05) is 31.5 Å². The van der Waals surface area contributed by atoms with E-state index in [1.807, 2.05) is 31.4 Å². The third kappa shape index (κ3) is 3.34. The first-order chi connectivity index (χ1) is 11.9. The standard InChI is InChI=1S/C19H18ClNO3S/c1-11(2)10-14(22)16-17(15-4-3-9-25-15)21(19(24)18(16)23)13-7-5-12(20)6-8-13/h3-9,11,17,23H,10H2,1-2H3. The highest BCUT2D eigenvalue weighted by molar-refractivity contribution is 7.10. The van der Waals surface area contributed by atoms with E-state index < -0.39 is 17.7 Å². The molecule has 4 nitrogen and oxygen atoms in total. The summed E-state index contributed by atoms with van der Waals surface area (Å²) < 4.78 is 0. The normalized spacial score (nSPS) is 17.7. The molecule has 0 saturated heterocycles. The minimum Gasteiger partial charge on any atom is -0.503 e. The zero-order valence-corrected chi connectivity index (χ0v) is 15.5. The van der Waals surface area contributed by atoms with E-state index in [9.17, 15) is 14.7 Å². The maximum absolute atomic E-state index is 12.7. The van der Waals surface area contributed by atoms with Crippen LogP contribution in [-0.2, 0) is 9.59 Å². The van der Waals surface area contributed by atoms with Crippen LogP contribution in [0.25, 0.3) is 0 Å². The van der Waals surface area contributed by atoms with Gasteiger partial charge in [0.25, 0.3) is 5.91 Å². The molecule has 25 heavy (non-hydrogen) atoms. The zero-order valence-electron chi connectivity index (χ0n) is 13.9. The summed E-state index contributed by atoms with van der Waals surface area (Å²) in [5, 5.41) is 12.9. The quantitative estimate of drug-likeness (QED) is 0.807. The summed E-state index contributed by atoms with van der Waals surface area (Å²) in [5.41, 5.74) is 0.766. The minimum absolute atomic E-state index is 0.136. The SMILES string of the molecule is CC(C)CC(=O)C1=C(O)C(=O)N(c2ccc(Cl)cc2)C1c1cccs1. The number of thiophene rings is 1. The van der Waals surface area contributed by atoms with Gasteiger partial charge in [0.15, 0.2) is 11.5 Å². The van der Waals surface area contributed by atoms with Crippen molar-refractivity contribution >= 4 is 40.3 Å². The van der Waals surface area contributed by atoms with E-state index in [1.165, 1.54) is 16.2 Å². The van der Waals surface area contributed by atoms with Crippen LogP contribution in [0, 0.1) is 5.92 Å². The van der Waals surface area contributed by atoms with Crippen LogP contribution in [0.4, 0.5) is 5.69 Å². The van der Waals surface area contributed by atoms with Gasteiger partial charge in [0, 0.05) is 22.0 Å². The van der Waals surface area contributed by atoms with Crippen LogP contribution in [0.15, 0.2) is 53.1 Å². The summed E-state index contributed by atoms with van der Waals surface area (Å²) in [6, 6.07) is 9.91. The van der Waals surface area contributed by atoms with Crippen LogP contribution < -0.4 is 4.90 Å². The lowest BCUT2D eigenvalue weighted by Crippen LogP contribution is -2.30. The molecule has 130 valence electrons. The largest absolute Gasteiger partial charge is 0.503 e. The van der Waals surface area contributed by atoms with E-state index in [0.29, 0.717) is 10.7 Å². The lowest BCUT2D eigenvalue weighted by molar-refractivity contribution is -0.118. The molecule has 1 aliphatic rings. The molecule has 1 atom stereocenters. The van der Waals surface area contributed by atoms with E-state index in [-0.39, 0.29) is 23.7 Å². The van der Waals surface area contributed by atoms with Gasteiger partial charge >= 0.3 is 0 Å². The highest BCUT2D eigenvalue weighted by atomic mass is 35.5. The van der Waals surface area contributed by atoms with E-state index >= 15 is 0 Å². The van der Waals surface area contributed by atoms with Gasteiger partial charge in [0.05, 0.1) is 5.57 Å². The topological polar surface area (TPSA) is 57.6 Å². The number of hydrogen-bond acceptors (Lipinski definition) is 4. The molecule has 0 aliphatic carbocycles. The van der Waals surface area contributed by atoms with Crippen molar-refractivity contribution < 1.29 is 14.7 Å². The zero-order chi connectivity index (χ0) is 18.1. The molecular formula is C19H18ClNO3S. The maximum atomic E-state index is 12.7. The van der Waals surface area contributed by atoms with Crippen LogP contribution >= 0.6 is 22.9 Å². The molecular weight excluding hydrogens is 358 g/mol. The van der Waals surface area contributed by atoms with Gasteiger partial charge in [0.1, 0.15) is 6.04 Å². The summed E-state index contributed by atoms with van der Waals surface area (Å²) in [6.07, 6.45) is 0.281. The Morgan fingerprint density at radius 2 is 1.96 bits per heavy atom. The number of halogens is 1. The molecule has 0 fully saturated rings. The number of carbonyl (C=O) groups is 2. The average molecular weight is 376 g/mol. The number of carbonyl (C=O) groups excluding carboxylic acids is 2. The van der Waals surface area contributed by atoms with Crippen LogP contribution in [0.3, 0.4) is 0 Å². The smallest absolute Gasteiger partial charge is 0.294 e. The Balaban J connectivity index is 2.09. The molecule has 1 unspecified atom stereocenters. The molecule has 1 N–H and O–H groups in total. The van der Waals surface area contributed by atoms with Crippen LogP contribution in [0.2, 0.25) is 5.02 Å². The number of amides is 1. The first kappa shape index (κ1) is 17.7. The summed E-state index contributed by atoms with van der Waals surface area (Å²) in [4.78, 5) is 27.8. The first-order valence-electron chi connectivity index (χ1n) is 7.99. The molecule has 0 saturated carbocycles. The average Bonchev–Trinajstić information content (AvgIpc) is 3.16. The number of hydrogen-bond donors (Lipinski definition) is 1. The van der Waals surface area contributed by atoms with Crippen molar-refractivity contribution in [1.82, 2.24) is 0 Å². The maximum Gasteiger partial charge on any atom is 0.294 e. The van der Waals surface area contributed by atoms with E-state index in [2.05, 4.69) is 0 Å². The third-order valence-electron chi connectivity index (χ3n) is 4.02. The van der Waals surface area contributed by atoms with Crippen molar-refractivity contribution in [2.75, 3.05) is 4.90 Å². The number of Topliss-reactive ketones (excluding diaryl/α,β-unsaturated/α-hetero) is 1. The number of aliphatic hydroxyl groups is 1. The molecule has 0 radical (unpaired) electrons.